The molecule has 0 amide bonds. The number of hydrogen-bond acceptors (Lipinski definition) is 4. The van der Waals surface area contributed by atoms with E-state index in [-0.39, 0.29) is 12.1 Å². The van der Waals surface area contributed by atoms with Gasteiger partial charge in [-0.2, -0.15) is 5.11 Å². The second-order valence-electron chi connectivity index (χ2n) is 7.28. The van der Waals surface area contributed by atoms with E-state index in [4.69, 9.17) is 0 Å². The molecule has 4 heteroatoms. The van der Waals surface area contributed by atoms with Crippen LogP contribution in [0.25, 0.3) is 0 Å². The van der Waals surface area contributed by atoms with Crippen LogP contribution in [0.4, 0.5) is 0 Å². The molecule has 0 fully saturated rings. The number of hydrogen-bond donors (Lipinski definition) is 0. The zero-order valence-corrected chi connectivity index (χ0v) is 16.8. The first kappa shape index (κ1) is 20.0. The fourth-order valence-electron chi connectivity index (χ4n) is 3.45. The van der Waals surface area contributed by atoms with E-state index < -0.39 is 0 Å². The van der Waals surface area contributed by atoms with Crippen molar-refractivity contribution in [2.24, 2.45) is 10.3 Å². The fraction of sp³-hybridized carbons (Fsp3) is 0.455. The lowest BCUT2D eigenvalue weighted by Gasteiger charge is -2.33. The van der Waals surface area contributed by atoms with Crippen LogP contribution >= 0.6 is 0 Å². The molecule has 1 aliphatic heterocycles. The van der Waals surface area contributed by atoms with Gasteiger partial charge in [-0.3, -0.25) is 5.01 Å². The van der Waals surface area contributed by atoms with Crippen molar-refractivity contribution in [1.82, 2.24) is 9.91 Å². The molecule has 140 valence electrons. The van der Waals surface area contributed by atoms with Crippen LogP contribution in [0.15, 0.2) is 71.2 Å². The molecular formula is C22H32N4. The van der Waals surface area contributed by atoms with Crippen molar-refractivity contribution in [2.75, 3.05) is 6.54 Å². The van der Waals surface area contributed by atoms with E-state index in [1.54, 1.807) is 0 Å². The molecule has 0 bridgehead atoms. The molecule has 1 aromatic rings. The van der Waals surface area contributed by atoms with Crippen LogP contribution in [0.1, 0.15) is 51.8 Å². The molecule has 1 aromatic carbocycles. The number of nitrogens with zero attached hydrogens (tertiary/aromatic N) is 4. The van der Waals surface area contributed by atoms with Gasteiger partial charge in [0, 0.05) is 24.3 Å². The summed E-state index contributed by atoms with van der Waals surface area (Å²) in [7, 11) is 0. The highest BCUT2D eigenvalue weighted by atomic mass is 15.6. The Morgan fingerprint density at radius 3 is 2.35 bits per heavy atom. The zero-order chi connectivity index (χ0) is 19.3. The summed E-state index contributed by atoms with van der Waals surface area (Å²) in [5.41, 5.74) is 4.72. The Balaban J connectivity index is 2.66. The predicted octanol–water partition coefficient (Wildman–Crippen LogP) is 5.68. The highest BCUT2D eigenvalue weighted by molar-refractivity contribution is 5.35. The number of allylic oxidation sites excluding steroid dienone is 1. The topological polar surface area (TPSA) is 31.2 Å². The highest BCUT2D eigenvalue weighted by Crippen LogP contribution is 2.30. The summed E-state index contributed by atoms with van der Waals surface area (Å²) in [5, 5.41) is 11.1. The summed E-state index contributed by atoms with van der Waals surface area (Å²) in [6, 6.07) is 9.37. The van der Waals surface area contributed by atoms with Gasteiger partial charge in [0.15, 0.2) is 0 Å². The molecule has 1 unspecified atom stereocenters. The van der Waals surface area contributed by atoms with Gasteiger partial charge in [0.25, 0.3) is 0 Å². The standard InChI is InChI=1S/C22H32N4/c1-8-19-14-23-24-26(17(5)6)18(7)21-13-11-10-12-20(21)15-25(16(3)4)22(19)9-2/h8-13,16-18H,1-2,14-15H2,3-7H3/b22-19-,24-23?. The van der Waals surface area contributed by atoms with E-state index in [0.717, 1.165) is 17.8 Å². The predicted molar refractivity (Wildman–Crippen MR) is 110 cm³/mol. The number of rotatable bonds is 4. The second-order valence-corrected chi connectivity index (χ2v) is 7.28. The van der Waals surface area contributed by atoms with Gasteiger partial charge in [-0.05, 0) is 57.4 Å². The Hall–Kier alpha value is -2.36. The third kappa shape index (κ3) is 4.24. The summed E-state index contributed by atoms with van der Waals surface area (Å²) in [4.78, 5) is 2.37. The van der Waals surface area contributed by atoms with Crippen LogP contribution < -0.4 is 0 Å². The number of fused-ring (bicyclic) bond motifs is 1. The SMILES string of the molecule is C=C/C1=C(\C=C)N(C(C)C)Cc2ccccc2C(C)N(C(C)C)N=NC1. The lowest BCUT2D eigenvalue weighted by Crippen LogP contribution is -2.32. The van der Waals surface area contributed by atoms with Gasteiger partial charge in [-0.25, -0.2) is 0 Å². The average molecular weight is 353 g/mol. The first-order chi connectivity index (χ1) is 12.4. The molecule has 0 N–H and O–H groups in total. The minimum absolute atomic E-state index is 0.154. The Bertz CT molecular complexity index is 700. The molecule has 0 radical (unpaired) electrons. The van der Waals surface area contributed by atoms with Crippen LogP contribution in [0.2, 0.25) is 0 Å². The minimum atomic E-state index is 0.154. The molecule has 2 rings (SSSR count). The van der Waals surface area contributed by atoms with Gasteiger partial charge >= 0.3 is 0 Å². The third-order valence-electron chi connectivity index (χ3n) is 4.88. The smallest absolute Gasteiger partial charge is 0.0890 e. The van der Waals surface area contributed by atoms with Gasteiger partial charge in [0.05, 0.1) is 12.6 Å². The molecule has 0 aromatic heterocycles. The first-order valence-electron chi connectivity index (χ1n) is 9.38. The second kappa shape index (κ2) is 8.84. The monoisotopic (exact) mass is 352 g/mol. The van der Waals surface area contributed by atoms with Gasteiger partial charge in [0.2, 0.25) is 0 Å². The van der Waals surface area contributed by atoms with E-state index in [2.05, 4.69) is 92.3 Å². The molecule has 0 saturated carbocycles. The van der Waals surface area contributed by atoms with Crippen LogP contribution in [0.3, 0.4) is 0 Å². The van der Waals surface area contributed by atoms with Crippen molar-refractivity contribution in [2.45, 2.75) is 59.3 Å². The molecule has 1 heterocycles. The van der Waals surface area contributed by atoms with Gasteiger partial charge in [0.1, 0.15) is 0 Å². The summed E-state index contributed by atoms with van der Waals surface area (Å²) in [6.07, 6.45) is 3.79. The van der Waals surface area contributed by atoms with Crippen molar-refractivity contribution in [1.29, 1.82) is 0 Å². The summed E-state index contributed by atoms with van der Waals surface area (Å²) in [5.74, 6) is 0. The molecule has 0 spiro atoms. The maximum absolute atomic E-state index is 4.57. The maximum atomic E-state index is 4.57. The summed E-state index contributed by atoms with van der Waals surface area (Å²) < 4.78 is 0. The normalized spacial score (nSPS) is 21.6. The van der Waals surface area contributed by atoms with Gasteiger partial charge < -0.3 is 4.90 Å². The van der Waals surface area contributed by atoms with E-state index in [9.17, 15) is 0 Å². The molecular weight excluding hydrogens is 320 g/mol. The molecule has 0 aliphatic carbocycles. The third-order valence-corrected chi connectivity index (χ3v) is 4.88. The van der Waals surface area contributed by atoms with Crippen molar-refractivity contribution >= 4 is 0 Å². The number of benzene rings is 1. The lowest BCUT2D eigenvalue weighted by atomic mass is 9.99. The molecule has 0 saturated heterocycles. The Morgan fingerprint density at radius 2 is 1.77 bits per heavy atom. The quantitative estimate of drug-likeness (QED) is 0.698. The van der Waals surface area contributed by atoms with E-state index in [1.807, 2.05) is 12.2 Å². The largest absolute Gasteiger partial charge is 0.365 e. The van der Waals surface area contributed by atoms with Crippen LogP contribution in [-0.4, -0.2) is 28.5 Å². The summed E-state index contributed by atoms with van der Waals surface area (Å²) in [6.45, 7) is 20.3. The van der Waals surface area contributed by atoms with Crippen LogP contribution in [-0.2, 0) is 6.54 Å². The summed E-state index contributed by atoms with van der Waals surface area (Å²) >= 11 is 0. The van der Waals surface area contributed by atoms with Crippen molar-refractivity contribution in [3.63, 3.8) is 0 Å². The maximum Gasteiger partial charge on any atom is 0.0890 e. The van der Waals surface area contributed by atoms with E-state index in [0.29, 0.717) is 12.6 Å². The van der Waals surface area contributed by atoms with E-state index >= 15 is 0 Å². The first-order valence-corrected chi connectivity index (χ1v) is 9.38. The van der Waals surface area contributed by atoms with Crippen LogP contribution in [0.5, 0.6) is 0 Å². The molecule has 1 atom stereocenters. The van der Waals surface area contributed by atoms with Gasteiger partial charge in [-0.15, -0.1) is 0 Å². The Kier molecular flexibility index (Phi) is 6.78. The Morgan fingerprint density at radius 1 is 1.08 bits per heavy atom. The minimum Gasteiger partial charge on any atom is -0.365 e. The average Bonchev–Trinajstić information content (AvgIpc) is 2.64. The highest BCUT2D eigenvalue weighted by Gasteiger charge is 2.23. The Labute approximate surface area is 158 Å². The molecule has 26 heavy (non-hydrogen) atoms. The molecule has 4 nitrogen and oxygen atoms in total. The van der Waals surface area contributed by atoms with Crippen LogP contribution in [0, 0.1) is 0 Å². The van der Waals surface area contributed by atoms with Gasteiger partial charge in [-0.1, -0.05) is 48.7 Å². The lowest BCUT2D eigenvalue weighted by molar-refractivity contribution is 0.155. The zero-order valence-electron chi connectivity index (χ0n) is 16.8. The van der Waals surface area contributed by atoms with Crippen molar-refractivity contribution in [3.05, 3.63) is 72.0 Å². The van der Waals surface area contributed by atoms with Crippen molar-refractivity contribution in [3.8, 4) is 0 Å². The molecule has 1 aliphatic rings. The fourth-order valence-corrected chi connectivity index (χ4v) is 3.45. The van der Waals surface area contributed by atoms with Crippen molar-refractivity contribution < 1.29 is 0 Å². The van der Waals surface area contributed by atoms with E-state index in [1.165, 1.54) is 11.1 Å².